The fourth-order valence-corrected chi connectivity index (χ4v) is 10.1. The van der Waals surface area contributed by atoms with Gasteiger partial charge in [-0.05, 0) is 116 Å². The van der Waals surface area contributed by atoms with Crippen molar-refractivity contribution in [3.05, 3.63) is 212 Å². The van der Waals surface area contributed by atoms with E-state index in [1.165, 1.54) is 69.5 Å². The molecular weight excluding hydrogens is 735 g/mol. The maximum Gasteiger partial charge on any atom is 0.144 e. The van der Waals surface area contributed by atoms with Crippen molar-refractivity contribution in [1.29, 1.82) is 0 Å². The van der Waals surface area contributed by atoms with E-state index in [0.717, 1.165) is 44.6 Å². The molecule has 0 fully saturated rings. The first-order valence-electron chi connectivity index (χ1n) is 20.1. The third kappa shape index (κ3) is 5.62. The van der Waals surface area contributed by atoms with Crippen molar-refractivity contribution in [2.24, 2.45) is 0 Å². The van der Waals surface area contributed by atoms with Gasteiger partial charge in [-0.1, -0.05) is 146 Å². The number of hydrogen-bond donors (Lipinski definition) is 0. The van der Waals surface area contributed by atoms with E-state index in [4.69, 9.17) is 4.42 Å². The van der Waals surface area contributed by atoms with Crippen molar-refractivity contribution in [2.45, 2.75) is 0 Å². The van der Waals surface area contributed by atoms with Crippen LogP contribution in [0.15, 0.2) is 217 Å². The number of anilines is 3. The van der Waals surface area contributed by atoms with Crippen LogP contribution in [0.5, 0.6) is 0 Å². The van der Waals surface area contributed by atoms with Crippen molar-refractivity contribution >= 4 is 92.1 Å². The molecule has 0 bridgehead atoms. The smallest absolute Gasteiger partial charge is 0.144 e. The van der Waals surface area contributed by atoms with Crippen molar-refractivity contribution in [3.63, 3.8) is 0 Å². The normalized spacial score (nSPS) is 11.7. The molecule has 276 valence electrons. The van der Waals surface area contributed by atoms with Gasteiger partial charge < -0.3 is 9.32 Å². The SMILES string of the molecule is c1ccc(N(c2ccc(-c3ccc4ccccc4c3)cc2)c2ccc(-c3ccc4ccccc4c3)cc2)c(-c2cccc3sc4ccc5c6ccccc6oc5c4c23)c1. The van der Waals surface area contributed by atoms with E-state index >= 15 is 0 Å². The summed E-state index contributed by atoms with van der Waals surface area (Å²) in [5.74, 6) is 0. The summed E-state index contributed by atoms with van der Waals surface area (Å²) >= 11 is 1.83. The van der Waals surface area contributed by atoms with Crippen molar-refractivity contribution in [2.75, 3.05) is 4.90 Å². The first kappa shape index (κ1) is 33.7. The Morgan fingerprint density at radius 2 is 0.898 bits per heavy atom. The zero-order valence-electron chi connectivity index (χ0n) is 32.0. The minimum Gasteiger partial charge on any atom is -0.455 e. The van der Waals surface area contributed by atoms with E-state index < -0.39 is 0 Å². The van der Waals surface area contributed by atoms with Crippen LogP contribution in [0.1, 0.15) is 0 Å². The van der Waals surface area contributed by atoms with Crippen LogP contribution in [0.4, 0.5) is 17.1 Å². The predicted molar refractivity (Wildman–Crippen MR) is 253 cm³/mol. The first-order chi connectivity index (χ1) is 29.2. The highest BCUT2D eigenvalue weighted by atomic mass is 32.1. The highest BCUT2D eigenvalue weighted by molar-refractivity contribution is 7.26. The van der Waals surface area contributed by atoms with Crippen LogP contribution >= 0.6 is 11.3 Å². The molecule has 2 heterocycles. The first-order valence-corrected chi connectivity index (χ1v) is 20.9. The number of rotatable bonds is 6. The molecule has 0 spiro atoms. The second kappa shape index (κ2) is 13.6. The second-order valence-electron chi connectivity index (χ2n) is 15.3. The summed E-state index contributed by atoms with van der Waals surface area (Å²) in [6.45, 7) is 0. The summed E-state index contributed by atoms with van der Waals surface area (Å²) in [5, 5.41) is 9.67. The molecule has 0 aliphatic heterocycles. The molecule has 0 N–H and O–H groups in total. The molecule has 0 aliphatic carbocycles. The van der Waals surface area contributed by atoms with Crippen LogP contribution in [-0.4, -0.2) is 0 Å². The third-order valence-corrected chi connectivity index (χ3v) is 13.0. The Kier molecular flexibility index (Phi) is 7.75. The van der Waals surface area contributed by atoms with Gasteiger partial charge in [-0.2, -0.15) is 0 Å². The molecule has 0 aliphatic rings. The maximum atomic E-state index is 6.68. The zero-order chi connectivity index (χ0) is 38.9. The summed E-state index contributed by atoms with van der Waals surface area (Å²) in [4.78, 5) is 2.41. The van der Waals surface area contributed by atoms with Crippen LogP contribution in [-0.2, 0) is 0 Å². The monoisotopic (exact) mass is 769 g/mol. The number of para-hydroxylation sites is 2. The van der Waals surface area contributed by atoms with Crippen LogP contribution < -0.4 is 4.90 Å². The van der Waals surface area contributed by atoms with Gasteiger partial charge in [0.25, 0.3) is 0 Å². The van der Waals surface area contributed by atoms with E-state index in [2.05, 4.69) is 211 Å². The molecule has 0 radical (unpaired) electrons. The molecule has 3 heteroatoms. The fraction of sp³-hybridized carbons (Fsp3) is 0. The zero-order valence-corrected chi connectivity index (χ0v) is 32.8. The van der Waals surface area contributed by atoms with Crippen molar-refractivity contribution in [3.8, 4) is 33.4 Å². The van der Waals surface area contributed by atoms with Gasteiger partial charge in [-0.15, -0.1) is 11.3 Å². The molecule has 2 aromatic heterocycles. The Morgan fingerprint density at radius 3 is 1.58 bits per heavy atom. The lowest BCUT2D eigenvalue weighted by Crippen LogP contribution is -2.11. The summed E-state index contributed by atoms with van der Waals surface area (Å²) in [6, 6.07) is 77.0. The van der Waals surface area contributed by atoms with Crippen LogP contribution in [0.3, 0.4) is 0 Å². The molecule has 0 saturated heterocycles. The minimum absolute atomic E-state index is 0.915. The van der Waals surface area contributed by atoms with Gasteiger partial charge in [0.1, 0.15) is 11.2 Å². The number of thiophene rings is 1. The van der Waals surface area contributed by atoms with E-state index in [9.17, 15) is 0 Å². The van der Waals surface area contributed by atoms with Gasteiger partial charge in [-0.25, -0.2) is 0 Å². The Labute approximate surface area is 345 Å². The Balaban J connectivity index is 1.04. The quantitative estimate of drug-likeness (QED) is 0.167. The molecule has 12 rings (SSSR count). The molecule has 59 heavy (non-hydrogen) atoms. The Bertz CT molecular complexity index is 3430. The number of benzene rings is 10. The number of nitrogens with zero attached hydrogens (tertiary/aromatic N) is 1. The van der Waals surface area contributed by atoms with Crippen molar-refractivity contribution < 1.29 is 4.42 Å². The predicted octanol–water partition coefficient (Wildman–Crippen LogP) is 16.7. The van der Waals surface area contributed by atoms with E-state index in [-0.39, 0.29) is 0 Å². The van der Waals surface area contributed by atoms with E-state index in [1.54, 1.807) is 0 Å². The van der Waals surface area contributed by atoms with Gasteiger partial charge in [-0.3, -0.25) is 0 Å². The highest BCUT2D eigenvalue weighted by Gasteiger charge is 2.22. The topological polar surface area (TPSA) is 16.4 Å². The average Bonchev–Trinajstić information content (AvgIpc) is 3.88. The lowest BCUT2D eigenvalue weighted by molar-refractivity contribution is 0.673. The summed E-state index contributed by atoms with van der Waals surface area (Å²) in [5.41, 5.74) is 12.3. The minimum atomic E-state index is 0.915. The third-order valence-electron chi connectivity index (χ3n) is 11.9. The number of fused-ring (bicyclic) bond motifs is 9. The van der Waals surface area contributed by atoms with Gasteiger partial charge in [0, 0.05) is 47.9 Å². The lowest BCUT2D eigenvalue weighted by Gasteiger charge is -2.28. The van der Waals surface area contributed by atoms with Crippen LogP contribution in [0.2, 0.25) is 0 Å². The Morgan fingerprint density at radius 1 is 0.356 bits per heavy atom. The molecule has 0 amide bonds. The molecule has 10 aromatic carbocycles. The van der Waals surface area contributed by atoms with Crippen LogP contribution in [0.25, 0.3) is 97.0 Å². The largest absolute Gasteiger partial charge is 0.455 e. The van der Waals surface area contributed by atoms with Gasteiger partial charge in [0.05, 0.1) is 5.69 Å². The summed E-state index contributed by atoms with van der Waals surface area (Å²) in [7, 11) is 0. The highest BCUT2D eigenvalue weighted by Crippen LogP contribution is 2.49. The van der Waals surface area contributed by atoms with Crippen molar-refractivity contribution in [1.82, 2.24) is 0 Å². The van der Waals surface area contributed by atoms with E-state index in [1.807, 2.05) is 17.4 Å². The molecule has 0 saturated carbocycles. The van der Waals surface area contributed by atoms with Gasteiger partial charge >= 0.3 is 0 Å². The maximum absolute atomic E-state index is 6.68. The van der Waals surface area contributed by atoms with E-state index in [0.29, 0.717) is 0 Å². The number of hydrogen-bond acceptors (Lipinski definition) is 3. The average molecular weight is 770 g/mol. The lowest BCUT2D eigenvalue weighted by atomic mass is 9.96. The molecule has 0 unspecified atom stereocenters. The molecule has 2 nitrogen and oxygen atoms in total. The summed E-state index contributed by atoms with van der Waals surface area (Å²) < 4.78 is 9.14. The van der Waals surface area contributed by atoms with Crippen LogP contribution in [0, 0.1) is 0 Å². The summed E-state index contributed by atoms with van der Waals surface area (Å²) in [6.07, 6.45) is 0. The molecule has 0 atom stereocenters. The molecule has 12 aromatic rings. The standard InChI is InChI=1S/C56H35NOS/c1-3-12-40-34-42(22-20-36(40)10-1)38-24-28-44(29-25-38)57(45-30-26-39(27-31-45)43-23-21-37-11-2-4-13-41(37)35-43)50-17-7-5-14-46(50)48-16-9-19-52-54(48)55-53(59-52)33-32-49-47-15-6-8-18-51(47)58-56(49)55/h1-35H. The second-order valence-corrected chi connectivity index (χ2v) is 16.3. The fourth-order valence-electron chi connectivity index (χ4n) is 8.98. The number of furan rings is 1. The molecular formula is C56H35NOS. The van der Waals surface area contributed by atoms with Gasteiger partial charge in [0.2, 0.25) is 0 Å². The Hall–Kier alpha value is -7.46. The van der Waals surface area contributed by atoms with Gasteiger partial charge in [0.15, 0.2) is 0 Å².